The van der Waals surface area contributed by atoms with Gasteiger partial charge in [-0.1, -0.05) is 17.2 Å². The molecular formula is C10H10N4O4. The fraction of sp³-hybridized carbons (Fsp3) is 0.300. The van der Waals surface area contributed by atoms with Gasteiger partial charge in [0.2, 0.25) is 0 Å². The standard InChI is InChI=1S/C10H10N4O4/c1-18-10(15)9(12-13-11)6-7-2-4-8(5-3-7)14(16)17/h2-5,9H,6H2,1H3/t9-/m0/s1. The van der Waals surface area contributed by atoms with Crippen molar-refractivity contribution >= 4 is 11.7 Å². The summed E-state index contributed by atoms with van der Waals surface area (Å²) in [6.07, 6.45) is 0.134. The van der Waals surface area contributed by atoms with Gasteiger partial charge in [0, 0.05) is 17.0 Å². The Labute approximate surface area is 102 Å². The van der Waals surface area contributed by atoms with Gasteiger partial charge in [0.25, 0.3) is 5.69 Å². The van der Waals surface area contributed by atoms with E-state index in [1.165, 1.54) is 31.4 Å². The largest absolute Gasteiger partial charge is 0.469 e. The van der Waals surface area contributed by atoms with Crippen molar-refractivity contribution in [3.8, 4) is 0 Å². The number of nitro benzene ring substituents is 1. The summed E-state index contributed by atoms with van der Waals surface area (Å²) in [4.78, 5) is 23.8. The Balaban J connectivity index is 2.84. The molecule has 0 radical (unpaired) electrons. The molecule has 0 saturated carbocycles. The first-order valence-corrected chi connectivity index (χ1v) is 4.94. The van der Waals surface area contributed by atoms with Crippen molar-refractivity contribution in [1.29, 1.82) is 0 Å². The van der Waals surface area contributed by atoms with E-state index >= 15 is 0 Å². The third kappa shape index (κ3) is 3.46. The van der Waals surface area contributed by atoms with Crippen LogP contribution in [0.1, 0.15) is 5.56 Å². The number of rotatable bonds is 5. The lowest BCUT2D eigenvalue weighted by Gasteiger charge is -2.08. The maximum atomic E-state index is 11.3. The molecule has 0 heterocycles. The number of benzene rings is 1. The molecule has 0 amide bonds. The second kappa shape index (κ2) is 6.21. The molecule has 94 valence electrons. The van der Waals surface area contributed by atoms with E-state index in [1.807, 2.05) is 0 Å². The van der Waals surface area contributed by atoms with Crippen molar-refractivity contribution in [2.45, 2.75) is 12.5 Å². The molecule has 0 spiro atoms. The lowest BCUT2D eigenvalue weighted by Crippen LogP contribution is -2.22. The van der Waals surface area contributed by atoms with E-state index in [-0.39, 0.29) is 12.1 Å². The minimum atomic E-state index is -0.971. The first-order chi connectivity index (χ1) is 8.58. The molecule has 1 atom stereocenters. The van der Waals surface area contributed by atoms with E-state index in [2.05, 4.69) is 14.8 Å². The zero-order valence-electron chi connectivity index (χ0n) is 9.52. The van der Waals surface area contributed by atoms with Crippen LogP contribution in [0.4, 0.5) is 5.69 Å². The van der Waals surface area contributed by atoms with Crippen LogP contribution in [-0.4, -0.2) is 24.0 Å². The lowest BCUT2D eigenvalue weighted by molar-refractivity contribution is -0.384. The van der Waals surface area contributed by atoms with E-state index in [9.17, 15) is 14.9 Å². The molecular weight excluding hydrogens is 240 g/mol. The molecule has 0 aromatic heterocycles. The fourth-order valence-corrected chi connectivity index (χ4v) is 1.35. The van der Waals surface area contributed by atoms with Gasteiger partial charge in [-0.05, 0) is 17.5 Å². The number of hydrogen-bond donors (Lipinski definition) is 0. The Bertz CT molecular complexity index is 493. The molecule has 0 aliphatic heterocycles. The summed E-state index contributed by atoms with van der Waals surface area (Å²) in [5.74, 6) is -0.647. The summed E-state index contributed by atoms with van der Waals surface area (Å²) >= 11 is 0. The predicted molar refractivity (Wildman–Crippen MR) is 61.8 cm³/mol. The summed E-state index contributed by atoms with van der Waals surface area (Å²) in [7, 11) is 1.19. The molecule has 1 aromatic carbocycles. The summed E-state index contributed by atoms with van der Waals surface area (Å²) in [5.41, 5.74) is 8.93. The molecule has 1 rings (SSSR count). The van der Waals surface area contributed by atoms with Gasteiger partial charge in [0.1, 0.15) is 6.04 Å². The van der Waals surface area contributed by atoms with Crippen LogP contribution in [0.15, 0.2) is 29.4 Å². The van der Waals surface area contributed by atoms with Gasteiger partial charge in [-0.3, -0.25) is 14.9 Å². The Morgan fingerprint density at radius 3 is 2.61 bits per heavy atom. The highest BCUT2D eigenvalue weighted by Crippen LogP contribution is 2.14. The predicted octanol–water partition coefficient (Wildman–Crippen LogP) is 1.99. The molecule has 0 unspecified atom stereocenters. The third-order valence-electron chi connectivity index (χ3n) is 2.24. The van der Waals surface area contributed by atoms with Gasteiger partial charge >= 0.3 is 5.97 Å². The van der Waals surface area contributed by atoms with Crippen LogP contribution in [0.3, 0.4) is 0 Å². The van der Waals surface area contributed by atoms with E-state index in [1.54, 1.807) is 0 Å². The number of ether oxygens (including phenoxy) is 1. The van der Waals surface area contributed by atoms with Gasteiger partial charge in [0.05, 0.1) is 12.0 Å². The van der Waals surface area contributed by atoms with Crippen molar-refractivity contribution in [2.24, 2.45) is 5.11 Å². The maximum Gasteiger partial charge on any atom is 0.314 e. The van der Waals surface area contributed by atoms with Crippen LogP contribution in [-0.2, 0) is 16.0 Å². The first kappa shape index (κ1) is 13.5. The monoisotopic (exact) mass is 250 g/mol. The Morgan fingerprint density at radius 1 is 1.56 bits per heavy atom. The molecule has 0 fully saturated rings. The number of non-ortho nitro benzene ring substituents is 1. The SMILES string of the molecule is COC(=O)[C@H](Cc1ccc([N+](=O)[O-])cc1)N=[N+]=[N-]. The Kier molecular flexibility index (Phi) is 4.65. The minimum absolute atomic E-state index is 0.0443. The molecule has 0 saturated heterocycles. The number of hydrogen-bond acceptors (Lipinski definition) is 5. The van der Waals surface area contributed by atoms with E-state index in [0.29, 0.717) is 5.56 Å². The van der Waals surface area contributed by atoms with Crippen molar-refractivity contribution < 1.29 is 14.5 Å². The summed E-state index contributed by atoms with van der Waals surface area (Å²) < 4.78 is 4.49. The highest BCUT2D eigenvalue weighted by Gasteiger charge is 2.18. The molecule has 0 N–H and O–H groups in total. The molecule has 1 aromatic rings. The van der Waals surface area contributed by atoms with E-state index < -0.39 is 16.9 Å². The van der Waals surface area contributed by atoms with Crippen LogP contribution >= 0.6 is 0 Å². The maximum absolute atomic E-state index is 11.3. The third-order valence-corrected chi connectivity index (χ3v) is 2.24. The summed E-state index contributed by atoms with van der Waals surface area (Å²) in [5, 5.41) is 13.8. The quantitative estimate of drug-likeness (QED) is 0.198. The zero-order valence-corrected chi connectivity index (χ0v) is 9.52. The van der Waals surface area contributed by atoms with Gasteiger partial charge < -0.3 is 4.74 Å². The second-order valence-electron chi connectivity index (χ2n) is 3.37. The van der Waals surface area contributed by atoms with E-state index in [0.717, 1.165) is 0 Å². The number of nitro groups is 1. The molecule has 0 aliphatic carbocycles. The number of esters is 1. The number of carbonyl (C=O) groups is 1. The Morgan fingerprint density at radius 2 is 2.17 bits per heavy atom. The van der Waals surface area contributed by atoms with Crippen molar-refractivity contribution in [2.75, 3.05) is 7.11 Å². The molecule has 8 nitrogen and oxygen atoms in total. The van der Waals surface area contributed by atoms with Gasteiger partial charge in [0.15, 0.2) is 0 Å². The first-order valence-electron chi connectivity index (χ1n) is 4.94. The lowest BCUT2D eigenvalue weighted by atomic mass is 10.1. The average Bonchev–Trinajstić information content (AvgIpc) is 2.38. The molecule has 0 aliphatic rings. The van der Waals surface area contributed by atoms with Crippen molar-refractivity contribution in [3.05, 3.63) is 50.4 Å². The van der Waals surface area contributed by atoms with Crippen LogP contribution in [0.2, 0.25) is 0 Å². The Hall–Kier alpha value is -2.60. The second-order valence-corrected chi connectivity index (χ2v) is 3.37. The molecule has 8 heteroatoms. The number of nitrogens with zero attached hydrogens (tertiary/aromatic N) is 4. The van der Waals surface area contributed by atoms with Crippen molar-refractivity contribution in [3.63, 3.8) is 0 Å². The van der Waals surface area contributed by atoms with Crippen molar-refractivity contribution in [1.82, 2.24) is 0 Å². The van der Waals surface area contributed by atoms with Crippen LogP contribution < -0.4 is 0 Å². The summed E-state index contributed by atoms with van der Waals surface area (Å²) in [6.45, 7) is 0. The number of carbonyl (C=O) groups excluding carboxylic acids is 1. The number of azide groups is 1. The smallest absolute Gasteiger partial charge is 0.314 e. The highest BCUT2D eigenvalue weighted by molar-refractivity contribution is 5.76. The minimum Gasteiger partial charge on any atom is -0.469 e. The number of methoxy groups -OCH3 is 1. The van der Waals surface area contributed by atoms with Crippen LogP contribution in [0.5, 0.6) is 0 Å². The summed E-state index contributed by atoms with van der Waals surface area (Å²) in [6, 6.07) is 4.67. The zero-order chi connectivity index (χ0) is 13.5. The average molecular weight is 250 g/mol. The molecule has 18 heavy (non-hydrogen) atoms. The van der Waals surface area contributed by atoms with Gasteiger partial charge in [-0.15, -0.1) is 0 Å². The van der Waals surface area contributed by atoms with E-state index in [4.69, 9.17) is 5.53 Å². The highest BCUT2D eigenvalue weighted by atomic mass is 16.6. The van der Waals surface area contributed by atoms with Gasteiger partial charge in [-0.2, -0.15) is 0 Å². The van der Waals surface area contributed by atoms with Gasteiger partial charge in [-0.25, -0.2) is 0 Å². The topological polar surface area (TPSA) is 118 Å². The van der Waals surface area contributed by atoms with Crippen LogP contribution in [0.25, 0.3) is 10.4 Å². The molecule has 0 bridgehead atoms. The normalized spacial score (nSPS) is 11.2. The van der Waals surface area contributed by atoms with Crippen LogP contribution in [0, 0.1) is 10.1 Å². The fourth-order valence-electron chi connectivity index (χ4n) is 1.35.